The number of pyridine rings is 1. The molecular weight excluding hydrogens is 284 g/mol. The predicted octanol–water partition coefficient (Wildman–Crippen LogP) is 3.53. The molecule has 1 saturated heterocycles. The maximum atomic E-state index is 6.11. The van der Waals surface area contributed by atoms with Gasteiger partial charge in [0.2, 0.25) is 0 Å². The van der Waals surface area contributed by atoms with Crippen molar-refractivity contribution in [1.29, 1.82) is 0 Å². The summed E-state index contributed by atoms with van der Waals surface area (Å²) >= 11 is 6.11. The number of hydrogen-bond acceptors (Lipinski definition) is 3. The number of imidazole rings is 1. The van der Waals surface area contributed by atoms with Crippen LogP contribution in [0, 0.1) is 6.92 Å². The van der Waals surface area contributed by atoms with Crippen molar-refractivity contribution in [2.45, 2.75) is 45.0 Å². The van der Waals surface area contributed by atoms with Crippen LogP contribution in [0.4, 0.5) is 0 Å². The number of likely N-dealkylation sites (tertiary alicyclic amines) is 1. The fourth-order valence-electron chi connectivity index (χ4n) is 3.27. The molecule has 2 aromatic heterocycles. The summed E-state index contributed by atoms with van der Waals surface area (Å²) in [5.41, 5.74) is 2.94. The summed E-state index contributed by atoms with van der Waals surface area (Å²) in [5, 5.41) is 0. The zero-order valence-corrected chi connectivity index (χ0v) is 13.6. The Hall–Kier alpha value is -1.13. The SMILES string of the molecule is Cc1ccc2nc(CCl)n(C(C)CN3CCCCC3)c2n1. The molecular formula is C16H23ClN4. The molecule has 1 atom stereocenters. The molecule has 3 rings (SSSR count). The summed E-state index contributed by atoms with van der Waals surface area (Å²) in [6.45, 7) is 7.73. The number of nitrogens with zero attached hydrogens (tertiary/aromatic N) is 4. The molecule has 0 radical (unpaired) electrons. The molecule has 1 fully saturated rings. The van der Waals surface area contributed by atoms with E-state index < -0.39 is 0 Å². The van der Waals surface area contributed by atoms with E-state index in [9.17, 15) is 0 Å². The van der Waals surface area contributed by atoms with Crippen LogP contribution in [-0.2, 0) is 5.88 Å². The van der Waals surface area contributed by atoms with Gasteiger partial charge >= 0.3 is 0 Å². The molecule has 0 amide bonds. The van der Waals surface area contributed by atoms with Gasteiger partial charge in [0.05, 0.1) is 5.88 Å². The third-order valence-corrected chi connectivity index (χ3v) is 4.52. The highest BCUT2D eigenvalue weighted by molar-refractivity contribution is 6.16. The molecule has 2 aromatic rings. The minimum Gasteiger partial charge on any atom is -0.308 e. The largest absolute Gasteiger partial charge is 0.308 e. The van der Waals surface area contributed by atoms with Gasteiger partial charge in [-0.15, -0.1) is 11.6 Å². The van der Waals surface area contributed by atoms with Crippen LogP contribution in [-0.4, -0.2) is 39.1 Å². The van der Waals surface area contributed by atoms with Gasteiger partial charge in [0, 0.05) is 18.3 Å². The van der Waals surface area contributed by atoms with Crippen molar-refractivity contribution >= 4 is 22.8 Å². The number of aromatic nitrogens is 3. The van der Waals surface area contributed by atoms with E-state index in [4.69, 9.17) is 11.6 Å². The van der Waals surface area contributed by atoms with E-state index in [0.717, 1.165) is 29.2 Å². The highest BCUT2D eigenvalue weighted by atomic mass is 35.5. The molecule has 4 nitrogen and oxygen atoms in total. The van der Waals surface area contributed by atoms with Crippen LogP contribution < -0.4 is 0 Å². The maximum absolute atomic E-state index is 6.11. The van der Waals surface area contributed by atoms with Gasteiger partial charge in [-0.2, -0.15) is 0 Å². The van der Waals surface area contributed by atoms with Crippen LogP contribution in [0.15, 0.2) is 12.1 Å². The van der Waals surface area contributed by atoms with Crippen molar-refractivity contribution in [2.24, 2.45) is 0 Å². The molecule has 1 aliphatic rings. The van der Waals surface area contributed by atoms with Crippen molar-refractivity contribution in [3.05, 3.63) is 23.7 Å². The summed E-state index contributed by atoms with van der Waals surface area (Å²) < 4.78 is 2.23. The Bertz CT molecular complexity index is 616. The number of hydrogen-bond donors (Lipinski definition) is 0. The van der Waals surface area contributed by atoms with Crippen molar-refractivity contribution < 1.29 is 0 Å². The van der Waals surface area contributed by atoms with Gasteiger partial charge in [0.25, 0.3) is 0 Å². The Morgan fingerprint density at radius 3 is 2.67 bits per heavy atom. The van der Waals surface area contributed by atoms with Crippen LogP contribution in [0.1, 0.15) is 43.7 Å². The molecule has 0 N–H and O–H groups in total. The van der Waals surface area contributed by atoms with Crippen LogP contribution in [0.3, 0.4) is 0 Å². The molecule has 0 saturated carbocycles. The highest BCUT2D eigenvalue weighted by Gasteiger charge is 2.20. The third-order valence-electron chi connectivity index (χ3n) is 4.28. The van der Waals surface area contributed by atoms with E-state index in [1.807, 2.05) is 19.1 Å². The first kappa shape index (κ1) is 14.8. The van der Waals surface area contributed by atoms with Crippen molar-refractivity contribution in [1.82, 2.24) is 19.4 Å². The quantitative estimate of drug-likeness (QED) is 0.810. The maximum Gasteiger partial charge on any atom is 0.160 e. The average molecular weight is 307 g/mol. The average Bonchev–Trinajstić information content (AvgIpc) is 2.86. The van der Waals surface area contributed by atoms with Crippen LogP contribution in [0.5, 0.6) is 0 Å². The van der Waals surface area contributed by atoms with Gasteiger partial charge in [0.1, 0.15) is 11.3 Å². The molecule has 1 aliphatic heterocycles. The Balaban J connectivity index is 1.91. The van der Waals surface area contributed by atoms with Crippen LogP contribution in [0.2, 0.25) is 0 Å². The Labute approximate surface area is 131 Å². The number of halogens is 1. The number of rotatable bonds is 4. The van der Waals surface area contributed by atoms with E-state index in [-0.39, 0.29) is 0 Å². The lowest BCUT2D eigenvalue weighted by atomic mass is 10.1. The summed E-state index contributed by atoms with van der Waals surface area (Å²) in [6, 6.07) is 4.39. The second-order valence-electron chi connectivity index (χ2n) is 6.04. The van der Waals surface area contributed by atoms with Gasteiger partial charge in [-0.25, -0.2) is 9.97 Å². The molecule has 0 bridgehead atoms. The highest BCUT2D eigenvalue weighted by Crippen LogP contribution is 2.23. The van der Waals surface area contributed by atoms with Gasteiger partial charge in [-0.05, 0) is 51.9 Å². The molecule has 0 aromatic carbocycles. The number of aryl methyl sites for hydroxylation is 1. The van der Waals surface area contributed by atoms with Crippen molar-refractivity contribution in [2.75, 3.05) is 19.6 Å². The van der Waals surface area contributed by atoms with E-state index in [2.05, 4.69) is 26.4 Å². The molecule has 21 heavy (non-hydrogen) atoms. The zero-order chi connectivity index (χ0) is 14.8. The fourth-order valence-corrected chi connectivity index (χ4v) is 3.46. The first-order valence-electron chi connectivity index (χ1n) is 7.82. The standard InChI is InChI=1S/C16H23ClN4/c1-12-6-7-14-16(18-12)21(15(10-17)19-14)13(2)11-20-8-4-3-5-9-20/h6-7,13H,3-5,8-11H2,1-2H3. The zero-order valence-electron chi connectivity index (χ0n) is 12.8. The minimum absolute atomic E-state index is 0.344. The van der Waals surface area contributed by atoms with Gasteiger partial charge in [0.15, 0.2) is 5.65 Å². The lowest BCUT2D eigenvalue weighted by Gasteiger charge is -2.30. The summed E-state index contributed by atoms with van der Waals surface area (Å²) in [6.07, 6.45) is 4.00. The smallest absolute Gasteiger partial charge is 0.160 e. The van der Waals surface area contributed by atoms with Gasteiger partial charge in [-0.1, -0.05) is 6.42 Å². The van der Waals surface area contributed by atoms with E-state index >= 15 is 0 Å². The number of alkyl halides is 1. The van der Waals surface area contributed by atoms with Crippen LogP contribution >= 0.6 is 11.6 Å². The summed E-state index contributed by atoms with van der Waals surface area (Å²) in [7, 11) is 0. The monoisotopic (exact) mass is 306 g/mol. The molecule has 114 valence electrons. The Morgan fingerprint density at radius 1 is 1.19 bits per heavy atom. The van der Waals surface area contributed by atoms with Crippen molar-refractivity contribution in [3.63, 3.8) is 0 Å². The van der Waals surface area contributed by atoms with Crippen molar-refractivity contribution in [3.8, 4) is 0 Å². The predicted molar refractivity (Wildman–Crippen MR) is 86.8 cm³/mol. The molecule has 3 heterocycles. The van der Waals surface area contributed by atoms with E-state index in [1.54, 1.807) is 0 Å². The second kappa shape index (κ2) is 6.32. The van der Waals surface area contributed by atoms with Gasteiger partial charge in [-0.3, -0.25) is 0 Å². The summed E-state index contributed by atoms with van der Waals surface area (Å²) in [4.78, 5) is 11.9. The summed E-state index contributed by atoms with van der Waals surface area (Å²) in [5.74, 6) is 1.36. The first-order valence-corrected chi connectivity index (χ1v) is 8.35. The van der Waals surface area contributed by atoms with E-state index in [0.29, 0.717) is 11.9 Å². The Kier molecular flexibility index (Phi) is 4.45. The van der Waals surface area contributed by atoms with Gasteiger partial charge < -0.3 is 9.47 Å². The van der Waals surface area contributed by atoms with E-state index in [1.165, 1.54) is 32.4 Å². The topological polar surface area (TPSA) is 34.0 Å². The lowest BCUT2D eigenvalue weighted by molar-refractivity contribution is 0.202. The fraction of sp³-hybridized carbons (Fsp3) is 0.625. The first-order chi connectivity index (χ1) is 10.2. The minimum atomic E-state index is 0.344. The molecule has 0 aliphatic carbocycles. The number of fused-ring (bicyclic) bond motifs is 1. The third kappa shape index (κ3) is 3.06. The lowest BCUT2D eigenvalue weighted by Crippen LogP contribution is -2.34. The van der Waals surface area contributed by atoms with Crippen LogP contribution in [0.25, 0.3) is 11.2 Å². The normalized spacial score (nSPS) is 18.2. The molecule has 1 unspecified atom stereocenters. The number of piperidine rings is 1. The molecule has 5 heteroatoms. The second-order valence-corrected chi connectivity index (χ2v) is 6.30. The molecule has 0 spiro atoms. The Morgan fingerprint density at radius 2 is 1.95 bits per heavy atom.